The molecule has 33 heavy (non-hydrogen) atoms. The van der Waals surface area contributed by atoms with Crippen LogP contribution in [0.1, 0.15) is 15.9 Å². The second kappa shape index (κ2) is 10.5. The van der Waals surface area contributed by atoms with E-state index < -0.39 is 34.0 Å². The van der Waals surface area contributed by atoms with Crippen LogP contribution in [0.5, 0.6) is 0 Å². The number of sulfonamides is 1. The predicted molar refractivity (Wildman–Crippen MR) is 117 cm³/mol. The van der Waals surface area contributed by atoms with Crippen molar-refractivity contribution in [2.45, 2.75) is 18.5 Å². The first kappa shape index (κ1) is 24.3. The number of esters is 1. The van der Waals surface area contributed by atoms with Gasteiger partial charge in [-0.15, -0.1) is 0 Å². The zero-order valence-corrected chi connectivity index (χ0v) is 19.1. The van der Waals surface area contributed by atoms with Gasteiger partial charge < -0.3 is 15.0 Å². The van der Waals surface area contributed by atoms with Crippen LogP contribution >= 0.6 is 0 Å². The molecule has 1 saturated heterocycles. The molecule has 11 nitrogen and oxygen atoms in total. The zero-order valence-electron chi connectivity index (χ0n) is 18.2. The van der Waals surface area contributed by atoms with Crippen LogP contribution in [-0.4, -0.2) is 90.5 Å². The summed E-state index contributed by atoms with van der Waals surface area (Å²) >= 11 is 0. The Kier molecular flexibility index (Phi) is 7.71. The number of ether oxygens (including phenoxy) is 1. The smallest absolute Gasteiger partial charge is 0.328 e. The second-order valence-electron chi connectivity index (χ2n) is 7.53. The third kappa shape index (κ3) is 6.11. The molecule has 0 bridgehead atoms. The van der Waals surface area contributed by atoms with Gasteiger partial charge in [-0.05, 0) is 23.8 Å². The number of amides is 2. The molecule has 2 amide bonds. The fraction of sp³-hybridized carbons (Fsp3) is 0.381. The molecule has 0 radical (unpaired) electrons. The van der Waals surface area contributed by atoms with E-state index in [9.17, 15) is 22.8 Å². The molecule has 0 aromatic carbocycles. The number of carbonyl (C=O) groups is 3. The van der Waals surface area contributed by atoms with E-state index in [1.807, 2.05) is 0 Å². The molecule has 2 aromatic heterocycles. The van der Waals surface area contributed by atoms with Gasteiger partial charge in [-0.1, -0.05) is 6.07 Å². The first-order chi connectivity index (χ1) is 15.7. The molecule has 12 heteroatoms. The fourth-order valence-corrected chi connectivity index (χ4v) is 4.63. The summed E-state index contributed by atoms with van der Waals surface area (Å²) in [4.78, 5) is 47.7. The number of rotatable bonds is 7. The highest BCUT2D eigenvalue weighted by molar-refractivity contribution is 7.88. The predicted octanol–water partition coefficient (Wildman–Crippen LogP) is -0.537. The van der Waals surface area contributed by atoms with Gasteiger partial charge >= 0.3 is 5.97 Å². The van der Waals surface area contributed by atoms with Crippen molar-refractivity contribution in [2.24, 2.45) is 0 Å². The van der Waals surface area contributed by atoms with Gasteiger partial charge in [-0.25, -0.2) is 13.2 Å². The lowest BCUT2D eigenvalue weighted by Gasteiger charge is -2.39. The van der Waals surface area contributed by atoms with Crippen LogP contribution in [0, 0.1) is 0 Å². The van der Waals surface area contributed by atoms with Crippen LogP contribution in [0.15, 0.2) is 49.1 Å². The highest BCUT2D eigenvalue weighted by Crippen LogP contribution is 2.17. The molecule has 1 N–H and O–H groups in total. The minimum absolute atomic E-state index is 0.0611. The molecule has 176 valence electrons. The molecule has 3 rings (SSSR count). The van der Waals surface area contributed by atoms with Gasteiger partial charge in [-0.3, -0.25) is 19.6 Å². The van der Waals surface area contributed by atoms with Crippen molar-refractivity contribution >= 4 is 27.8 Å². The lowest BCUT2D eigenvalue weighted by molar-refractivity contribution is -0.145. The van der Waals surface area contributed by atoms with E-state index in [0.29, 0.717) is 11.1 Å². The molecular weight excluding hydrogens is 450 g/mol. The third-order valence-corrected chi connectivity index (χ3v) is 6.51. The van der Waals surface area contributed by atoms with Crippen LogP contribution < -0.4 is 5.32 Å². The molecule has 0 saturated carbocycles. The van der Waals surface area contributed by atoms with Gasteiger partial charge in [0.15, 0.2) is 0 Å². The highest BCUT2D eigenvalue weighted by atomic mass is 32.2. The van der Waals surface area contributed by atoms with Crippen LogP contribution in [0.25, 0.3) is 0 Å². The number of nitrogens with one attached hydrogen (secondary N) is 1. The Morgan fingerprint density at radius 2 is 1.85 bits per heavy atom. The summed E-state index contributed by atoms with van der Waals surface area (Å²) in [6.45, 7) is -0.122. The summed E-state index contributed by atoms with van der Waals surface area (Å²) in [5.74, 6) is -1.76. The Labute approximate surface area is 191 Å². The Balaban J connectivity index is 1.82. The second-order valence-corrected chi connectivity index (χ2v) is 9.47. The topological polar surface area (TPSA) is 139 Å². The van der Waals surface area contributed by atoms with E-state index in [1.54, 1.807) is 36.7 Å². The number of pyridine rings is 2. The number of hydrogen-bond donors (Lipinski definition) is 1. The number of nitrogens with zero attached hydrogens (tertiary/aromatic N) is 4. The van der Waals surface area contributed by atoms with Crippen molar-refractivity contribution < 1.29 is 27.5 Å². The zero-order chi connectivity index (χ0) is 24.0. The molecule has 1 aliphatic heterocycles. The lowest BCUT2D eigenvalue weighted by Crippen LogP contribution is -2.62. The summed E-state index contributed by atoms with van der Waals surface area (Å²) < 4.78 is 30.5. The van der Waals surface area contributed by atoms with E-state index in [0.717, 1.165) is 10.6 Å². The molecule has 2 aromatic rings. The summed E-state index contributed by atoms with van der Waals surface area (Å²) in [6, 6.07) is 4.37. The van der Waals surface area contributed by atoms with E-state index >= 15 is 0 Å². The van der Waals surface area contributed by atoms with Crippen molar-refractivity contribution in [3.05, 3.63) is 60.2 Å². The van der Waals surface area contributed by atoms with Gasteiger partial charge in [-0.2, -0.15) is 4.31 Å². The summed E-state index contributed by atoms with van der Waals surface area (Å²) in [5.41, 5.74) is 1.01. The minimum atomic E-state index is -3.76. The first-order valence-electron chi connectivity index (χ1n) is 10.1. The maximum atomic E-state index is 13.2. The Hall–Kier alpha value is -3.38. The monoisotopic (exact) mass is 475 g/mol. The van der Waals surface area contributed by atoms with Gasteiger partial charge in [0.2, 0.25) is 15.9 Å². The molecule has 0 unspecified atom stereocenters. The number of aromatic nitrogens is 2. The molecule has 0 aliphatic carbocycles. The van der Waals surface area contributed by atoms with Crippen molar-refractivity contribution in [3.8, 4) is 0 Å². The summed E-state index contributed by atoms with van der Waals surface area (Å²) in [7, 11) is -2.56. The largest absolute Gasteiger partial charge is 0.467 e. The molecule has 1 fully saturated rings. The van der Waals surface area contributed by atoms with E-state index in [1.165, 1.54) is 24.4 Å². The van der Waals surface area contributed by atoms with Crippen molar-refractivity contribution in [1.82, 2.24) is 24.5 Å². The minimum Gasteiger partial charge on any atom is -0.467 e. The molecule has 3 heterocycles. The molecule has 2 atom stereocenters. The van der Waals surface area contributed by atoms with Crippen molar-refractivity contribution in [1.29, 1.82) is 0 Å². The Morgan fingerprint density at radius 1 is 1.15 bits per heavy atom. The van der Waals surface area contributed by atoms with Crippen molar-refractivity contribution in [3.63, 3.8) is 0 Å². The average Bonchev–Trinajstić information content (AvgIpc) is 2.82. The van der Waals surface area contributed by atoms with E-state index in [-0.39, 0.29) is 32.0 Å². The van der Waals surface area contributed by atoms with Crippen LogP contribution in [0.4, 0.5) is 0 Å². The van der Waals surface area contributed by atoms with Crippen LogP contribution in [0.3, 0.4) is 0 Å². The van der Waals surface area contributed by atoms with E-state index in [2.05, 4.69) is 15.3 Å². The number of methoxy groups -OCH3 is 1. The Morgan fingerprint density at radius 3 is 2.42 bits per heavy atom. The maximum Gasteiger partial charge on any atom is 0.328 e. The van der Waals surface area contributed by atoms with Crippen molar-refractivity contribution in [2.75, 3.05) is 33.0 Å². The van der Waals surface area contributed by atoms with Crippen LogP contribution in [0.2, 0.25) is 0 Å². The quantitative estimate of drug-likeness (QED) is 0.527. The molecular formula is C21H25N5O6S. The van der Waals surface area contributed by atoms with Gasteiger partial charge in [0.1, 0.15) is 12.1 Å². The number of piperazine rings is 1. The number of carbonyl (C=O) groups excluding carboxylic acids is 3. The maximum absolute atomic E-state index is 13.2. The van der Waals surface area contributed by atoms with Crippen LogP contribution in [-0.2, 0) is 30.8 Å². The third-order valence-electron chi connectivity index (χ3n) is 5.22. The SMILES string of the molecule is COC(=O)[C@@H](Cc1cccnc1)NC(=O)[C@H]1CN(C(=O)c2cccnc2)CCN1S(C)(=O)=O. The lowest BCUT2D eigenvalue weighted by atomic mass is 10.1. The highest BCUT2D eigenvalue weighted by Gasteiger charge is 2.40. The van der Waals surface area contributed by atoms with E-state index in [4.69, 9.17) is 4.74 Å². The fourth-order valence-electron chi connectivity index (χ4n) is 3.59. The Bertz CT molecular complexity index is 1100. The van der Waals surface area contributed by atoms with Gasteiger partial charge in [0.25, 0.3) is 5.91 Å². The average molecular weight is 476 g/mol. The summed E-state index contributed by atoms with van der Waals surface area (Å²) in [6.07, 6.45) is 7.18. The molecule has 1 aliphatic rings. The first-order valence-corrected chi connectivity index (χ1v) is 12.0. The van der Waals surface area contributed by atoms with Gasteiger partial charge in [0.05, 0.1) is 18.9 Å². The standard InChI is InChI=1S/C21H25N5O6S/c1-32-21(29)17(11-15-5-3-7-22-12-15)24-19(27)18-14-25(9-10-26(18)33(2,30)31)20(28)16-6-4-8-23-13-16/h3-8,12-13,17-18H,9-11,14H2,1-2H3,(H,24,27)/t17-,18-/m1/s1. The number of hydrogen-bond acceptors (Lipinski definition) is 8. The van der Waals surface area contributed by atoms with Gasteiger partial charge in [0, 0.05) is 50.8 Å². The normalized spacial score (nSPS) is 17.8. The molecule has 0 spiro atoms. The summed E-state index contributed by atoms with van der Waals surface area (Å²) in [5, 5.41) is 2.59.